The lowest BCUT2D eigenvalue weighted by molar-refractivity contribution is -0.123. The van der Waals surface area contributed by atoms with E-state index in [-0.39, 0.29) is 11.9 Å². The van der Waals surface area contributed by atoms with Crippen molar-refractivity contribution in [3.63, 3.8) is 0 Å². The molecule has 3 heteroatoms. The molecule has 92 valence electrons. The Balaban J connectivity index is 2.12. The van der Waals surface area contributed by atoms with Gasteiger partial charge in [-0.1, -0.05) is 24.3 Å². The zero-order valence-corrected chi connectivity index (χ0v) is 10.5. The van der Waals surface area contributed by atoms with Crippen LogP contribution in [0.5, 0.6) is 0 Å². The van der Waals surface area contributed by atoms with Gasteiger partial charge in [-0.2, -0.15) is 0 Å². The molecule has 1 aromatic rings. The molecule has 0 saturated carbocycles. The average Bonchev–Trinajstić information content (AvgIpc) is 2.38. The summed E-state index contributed by atoms with van der Waals surface area (Å²) in [7, 11) is 1.70. The van der Waals surface area contributed by atoms with Gasteiger partial charge in [0.05, 0.1) is 6.04 Å². The van der Waals surface area contributed by atoms with Gasteiger partial charge in [0.1, 0.15) is 0 Å². The van der Waals surface area contributed by atoms with Crippen LogP contribution in [0.25, 0.3) is 0 Å². The molecule has 1 aliphatic heterocycles. The molecule has 1 aliphatic rings. The third-order valence-corrected chi connectivity index (χ3v) is 3.59. The van der Waals surface area contributed by atoms with Crippen LogP contribution < -0.4 is 10.6 Å². The minimum atomic E-state index is -0.0432. The highest BCUT2D eigenvalue weighted by atomic mass is 16.2. The Morgan fingerprint density at radius 2 is 2.18 bits per heavy atom. The number of aryl methyl sites for hydroxylation is 1. The molecule has 2 unspecified atom stereocenters. The summed E-state index contributed by atoms with van der Waals surface area (Å²) in [4.78, 5) is 11.7. The number of rotatable bonds is 2. The monoisotopic (exact) mass is 232 g/mol. The van der Waals surface area contributed by atoms with Gasteiger partial charge >= 0.3 is 0 Å². The molecule has 0 spiro atoms. The summed E-state index contributed by atoms with van der Waals surface area (Å²) in [5.41, 5.74) is 2.72. The first kappa shape index (κ1) is 12.1. The fraction of sp³-hybridized carbons (Fsp3) is 0.500. The van der Waals surface area contributed by atoms with Gasteiger partial charge in [0.2, 0.25) is 5.91 Å². The summed E-state index contributed by atoms with van der Waals surface area (Å²) < 4.78 is 0. The van der Waals surface area contributed by atoms with Gasteiger partial charge in [0.15, 0.2) is 0 Å². The van der Waals surface area contributed by atoms with Crippen molar-refractivity contribution in [1.29, 1.82) is 0 Å². The molecule has 17 heavy (non-hydrogen) atoms. The fourth-order valence-corrected chi connectivity index (χ4v) is 2.62. The Morgan fingerprint density at radius 3 is 2.88 bits per heavy atom. The zero-order chi connectivity index (χ0) is 12.3. The molecule has 1 saturated heterocycles. The molecule has 1 amide bonds. The molecule has 2 atom stereocenters. The van der Waals surface area contributed by atoms with Crippen LogP contribution in [0, 0.1) is 6.92 Å². The first-order valence-electron chi connectivity index (χ1n) is 6.23. The molecule has 2 N–H and O–H groups in total. The number of amides is 1. The molecule has 0 bridgehead atoms. The number of likely N-dealkylation sites (N-methyl/N-ethyl adjacent to an activating group) is 1. The van der Waals surface area contributed by atoms with E-state index in [0.717, 1.165) is 19.4 Å². The van der Waals surface area contributed by atoms with Crippen molar-refractivity contribution in [3.8, 4) is 0 Å². The maximum Gasteiger partial charge on any atom is 0.236 e. The lowest BCUT2D eigenvalue weighted by atomic mass is 9.84. The fourth-order valence-electron chi connectivity index (χ4n) is 2.62. The van der Waals surface area contributed by atoms with Gasteiger partial charge in [-0.3, -0.25) is 4.79 Å². The van der Waals surface area contributed by atoms with Crippen LogP contribution in [0.3, 0.4) is 0 Å². The third-order valence-electron chi connectivity index (χ3n) is 3.59. The highest BCUT2D eigenvalue weighted by molar-refractivity contribution is 5.81. The quantitative estimate of drug-likeness (QED) is 0.813. The van der Waals surface area contributed by atoms with E-state index in [0.29, 0.717) is 5.92 Å². The Labute approximate surface area is 103 Å². The normalized spacial score (nSPS) is 24.4. The Bertz CT molecular complexity index is 403. The summed E-state index contributed by atoms with van der Waals surface area (Å²) in [6, 6.07) is 8.44. The average molecular weight is 232 g/mol. The minimum Gasteiger partial charge on any atom is -0.358 e. The predicted molar refractivity (Wildman–Crippen MR) is 69.0 cm³/mol. The van der Waals surface area contributed by atoms with E-state index < -0.39 is 0 Å². The van der Waals surface area contributed by atoms with Gasteiger partial charge in [0, 0.05) is 7.05 Å². The van der Waals surface area contributed by atoms with Crippen LogP contribution in [0.4, 0.5) is 0 Å². The zero-order valence-electron chi connectivity index (χ0n) is 10.5. The molecular formula is C14H20N2O. The Morgan fingerprint density at radius 1 is 1.41 bits per heavy atom. The Kier molecular flexibility index (Phi) is 3.79. The molecule has 0 aromatic heterocycles. The second-order valence-electron chi connectivity index (χ2n) is 4.70. The van der Waals surface area contributed by atoms with Gasteiger partial charge < -0.3 is 10.6 Å². The maximum absolute atomic E-state index is 11.7. The number of piperidine rings is 1. The molecule has 1 aromatic carbocycles. The van der Waals surface area contributed by atoms with E-state index >= 15 is 0 Å². The molecule has 2 rings (SSSR count). The third kappa shape index (κ3) is 2.67. The van der Waals surface area contributed by atoms with Gasteiger partial charge in [0.25, 0.3) is 0 Å². The van der Waals surface area contributed by atoms with Crippen molar-refractivity contribution >= 4 is 5.91 Å². The minimum absolute atomic E-state index is 0.0432. The van der Waals surface area contributed by atoms with Crippen molar-refractivity contribution in [1.82, 2.24) is 10.6 Å². The van der Waals surface area contributed by atoms with Crippen molar-refractivity contribution in [2.24, 2.45) is 0 Å². The van der Waals surface area contributed by atoms with E-state index in [1.54, 1.807) is 7.05 Å². The largest absolute Gasteiger partial charge is 0.358 e. The molecular weight excluding hydrogens is 212 g/mol. The number of carbonyl (C=O) groups is 1. The second kappa shape index (κ2) is 5.32. The SMILES string of the molecule is CNC(=O)C1CC(c2ccccc2C)CCN1. The first-order valence-corrected chi connectivity index (χ1v) is 6.23. The molecule has 1 heterocycles. The van der Waals surface area contributed by atoms with E-state index in [4.69, 9.17) is 0 Å². The van der Waals surface area contributed by atoms with E-state index in [9.17, 15) is 4.79 Å². The van der Waals surface area contributed by atoms with Gasteiger partial charge in [-0.15, -0.1) is 0 Å². The van der Waals surface area contributed by atoms with Crippen molar-refractivity contribution in [2.45, 2.75) is 31.7 Å². The number of carbonyl (C=O) groups excluding carboxylic acids is 1. The summed E-state index contributed by atoms with van der Waals surface area (Å²) in [6.07, 6.45) is 2.00. The molecule has 3 nitrogen and oxygen atoms in total. The first-order chi connectivity index (χ1) is 8.22. The highest BCUT2D eigenvalue weighted by Gasteiger charge is 2.27. The van der Waals surface area contributed by atoms with Crippen molar-refractivity contribution < 1.29 is 4.79 Å². The summed E-state index contributed by atoms with van der Waals surface area (Å²) in [5.74, 6) is 0.600. The smallest absolute Gasteiger partial charge is 0.236 e. The Hall–Kier alpha value is -1.35. The summed E-state index contributed by atoms with van der Waals surface area (Å²) in [5, 5.41) is 6.00. The van der Waals surface area contributed by atoms with E-state index in [1.165, 1.54) is 11.1 Å². The topological polar surface area (TPSA) is 41.1 Å². The highest BCUT2D eigenvalue weighted by Crippen LogP contribution is 2.29. The standard InChI is InChI=1S/C14H20N2O/c1-10-5-3-4-6-12(10)11-7-8-16-13(9-11)14(17)15-2/h3-6,11,13,16H,7-9H2,1-2H3,(H,15,17). The van der Waals surface area contributed by atoms with Crippen LogP contribution >= 0.6 is 0 Å². The lowest BCUT2D eigenvalue weighted by Gasteiger charge is -2.30. The van der Waals surface area contributed by atoms with Crippen LogP contribution in [-0.4, -0.2) is 25.5 Å². The van der Waals surface area contributed by atoms with Crippen LogP contribution in [0.2, 0.25) is 0 Å². The maximum atomic E-state index is 11.7. The van der Waals surface area contributed by atoms with Crippen molar-refractivity contribution in [2.75, 3.05) is 13.6 Å². The summed E-state index contributed by atoms with van der Waals surface area (Å²) >= 11 is 0. The van der Waals surface area contributed by atoms with Crippen LogP contribution in [0.15, 0.2) is 24.3 Å². The van der Waals surface area contributed by atoms with Crippen LogP contribution in [0.1, 0.15) is 29.9 Å². The van der Waals surface area contributed by atoms with Gasteiger partial charge in [-0.05, 0) is 43.4 Å². The molecule has 1 fully saturated rings. The number of hydrogen-bond donors (Lipinski definition) is 2. The summed E-state index contributed by atoms with van der Waals surface area (Å²) in [6.45, 7) is 3.06. The van der Waals surface area contributed by atoms with Crippen molar-refractivity contribution in [3.05, 3.63) is 35.4 Å². The number of hydrogen-bond acceptors (Lipinski definition) is 2. The van der Waals surface area contributed by atoms with Gasteiger partial charge in [-0.25, -0.2) is 0 Å². The molecule has 0 radical (unpaired) electrons. The van der Waals surface area contributed by atoms with E-state index in [2.05, 4.69) is 41.8 Å². The van der Waals surface area contributed by atoms with Crippen LogP contribution in [-0.2, 0) is 4.79 Å². The predicted octanol–water partition coefficient (Wildman–Crippen LogP) is 1.58. The second-order valence-corrected chi connectivity index (χ2v) is 4.70. The lowest BCUT2D eigenvalue weighted by Crippen LogP contribution is -2.47. The number of nitrogens with one attached hydrogen (secondary N) is 2. The molecule has 0 aliphatic carbocycles. The number of benzene rings is 1. The van der Waals surface area contributed by atoms with E-state index in [1.807, 2.05) is 0 Å².